The molecule has 0 unspecified atom stereocenters. The number of aliphatic hydroxyl groups excluding tert-OH is 1. The standard InChI is InChI=1S/C25H32N6O3/c1-16(2)23(24-27-28-29-31(24)15-21-7-5-12-34-21)30(10-6-11-32)14-20-13-19-9-8-17(3)18(4)22(19)26-25(20)33/h5,7-9,12-13,16,23,32H,6,10-11,14-15H2,1-4H3,(H,26,33)/t23-/m1/s1. The molecule has 0 bridgehead atoms. The first kappa shape index (κ1) is 23.8. The Kier molecular flexibility index (Phi) is 7.23. The lowest BCUT2D eigenvalue weighted by Crippen LogP contribution is -2.36. The third-order valence-corrected chi connectivity index (χ3v) is 6.34. The predicted molar refractivity (Wildman–Crippen MR) is 129 cm³/mol. The Morgan fingerprint density at radius 1 is 1.24 bits per heavy atom. The normalized spacial score (nSPS) is 12.8. The molecule has 34 heavy (non-hydrogen) atoms. The summed E-state index contributed by atoms with van der Waals surface area (Å²) in [7, 11) is 0. The van der Waals surface area contributed by atoms with Gasteiger partial charge in [0.05, 0.1) is 17.8 Å². The van der Waals surface area contributed by atoms with E-state index in [2.05, 4.69) is 45.3 Å². The van der Waals surface area contributed by atoms with Crippen molar-refractivity contribution >= 4 is 10.9 Å². The van der Waals surface area contributed by atoms with Gasteiger partial charge < -0.3 is 14.5 Å². The van der Waals surface area contributed by atoms with Gasteiger partial charge in [0.25, 0.3) is 5.56 Å². The molecule has 180 valence electrons. The number of benzene rings is 1. The highest BCUT2D eigenvalue weighted by atomic mass is 16.3. The average Bonchev–Trinajstić information content (AvgIpc) is 3.48. The third kappa shape index (κ3) is 4.95. The smallest absolute Gasteiger partial charge is 0.252 e. The molecule has 4 rings (SSSR count). The van der Waals surface area contributed by atoms with Gasteiger partial charge in [0.1, 0.15) is 12.3 Å². The number of tetrazole rings is 1. The molecule has 3 heterocycles. The molecule has 0 spiro atoms. The van der Waals surface area contributed by atoms with Crippen LogP contribution in [0.1, 0.15) is 54.6 Å². The van der Waals surface area contributed by atoms with Crippen LogP contribution in [0.3, 0.4) is 0 Å². The first-order valence-corrected chi connectivity index (χ1v) is 11.6. The summed E-state index contributed by atoms with van der Waals surface area (Å²) in [5, 5.41) is 23.0. The van der Waals surface area contributed by atoms with E-state index in [1.807, 2.05) is 38.1 Å². The Hall–Kier alpha value is -3.30. The molecule has 2 N–H and O–H groups in total. The van der Waals surface area contributed by atoms with Crippen LogP contribution >= 0.6 is 0 Å². The molecule has 0 saturated heterocycles. The Morgan fingerprint density at radius 3 is 2.76 bits per heavy atom. The van der Waals surface area contributed by atoms with Crippen LogP contribution in [0, 0.1) is 19.8 Å². The number of rotatable bonds is 10. The van der Waals surface area contributed by atoms with E-state index in [0.717, 1.165) is 27.8 Å². The van der Waals surface area contributed by atoms with Gasteiger partial charge in [-0.1, -0.05) is 26.0 Å². The number of aromatic nitrogens is 5. The number of nitrogens with zero attached hydrogens (tertiary/aromatic N) is 5. The lowest BCUT2D eigenvalue weighted by Gasteiger charge is -2.33. The minimum absolute atomic E-state index is 0.0607. The Labute approximate surface area is 198 Å². The van der Waals surface area contributed by atoms with Crippen LogP contribution in [-0.4, -0.2) is 48.3 Å². The molecule has 0 aliphatic carbocycles. The van der Waals surface area contributed by atoms with Gasteiger partial charge in [-0.25, -0.2) is 4.68 Å². The second kappa shape index (κ2) is 10.3. The number of H-pyrrole nitrogens is 1. The SMILES string of the molecule is Cc1ccc2cc(CN(CCCO)[C@@H](c3nnnn3Cc3ccco3)C(C)C)c(=O)[nH]c2c1C. The number of furan rings is 1. The van der Waals surface area contributed by atoms with E-state index in [4.69, 9.17) is 4.42 Å². The van der Waals surface area contributed by atoms with Gasteiger partial charge in [-0.3, -0.25) is 9.69 Å². The monoisotopic (exact) mass is 464 g/mol. The van der Waals surface area contributed by atoms with Crippen LogP contribution in [0.15, 0.2) is 45.8 Å². The van der Waals surface area contributed by atoms with E-state index in [-0.39, 0.29) is 24.1 Å². The van der Waals surface area contributed by atoms with E-state index < -0.39 is 0 Å². The zero-order valence-corrected chi connectivity index (χ0v) is 20.2. The quantitative estimate of drug-likeness (QED) is 0.370. The number of hydrogen-bond acceptors (Lipinski definition) is 7. The molecule has 0 radical (unpaired) electrons. The van der Waals surface area contributed by atoms with Gasteiger partial charge in [0, 0.05) is 25.3 Å². The van der Waals surface area contributed by atoms with Crippen LogP contribution in [0.4, 0.5) is 0 Å². The fourth-order valence-electron chi connectivity index (χ4n) is 4.47. The fourth-order valence-corrected chi connectivity index (χ4v) is 4.47. The van der Waals surface area contributed by atoms with Crippen molar-refractivity contribution in [2.75, 3.05) is 13.2 Å². The van der Waals surface area contributed by atoms with Crippen molar-refractivity contribution in [1.29, 1.82) is 0 Å². The molecule has 1 atom stereocenters. The average molecular weight is 465 g/mol. The van der Waals surface area contributed by atoms with Gasteiger partial charge in [-0.2, -0.15) is 0 Å². The van der Waals surface area contributed by atoms with Crippen molar-refractivity contribution in [3.63, 3.8) is 0 Å². The molecule has 0 aliphatic rings. The van der Waals surface area contributed by atoms with E-state index in [9.17, 15) is 9.90 Å². The summed E-state index contributed by atoms with van der Waals surface area (Å²) in [6, 6.07) is 9.64. The largest absolute Gasteiger partial charge is 0.467 e. The van der Waals surface area contributed by atoms with Crippen molar-refractivity contribution in [1.82, 2.24) is 30.1 Å². The second-order valence-electron chi connectivity index (χ2n) is 9.11. The minimum Gasteiger partial charge on any atom is -0.467 e. The number of aryl methyl sites for hydroxylation is 2. The molecular weight excluding hydrogens is 432 g/mol. The Morgan fingerprint density at radius 2 is 2.06 bits per heavy atom. The maximum atomic E-state index is 13.1. The highest BCUT2D eigenvalue weighted by Gasteiger charge is 2.30. The zero-order chi connectivity index (χ0) is 24.2. The van der Waals surface area contributed by atoms with Crippen LogP contribution in [-0.2, 0) is 13.1 Å². The molecule has 9 heteroatoms. The van der Waals surface area contributed by atoms with Gasteiger partial charge >= 0.3 is 0 Å². The number of pyridine rings is 1. The van der Waals surface area contributed by atoms with Crippen LogP contribution < -0.4 is 5.56 Å². The summed E-state index contributed by atoms with van der Waals surface area (Å²) < 4.78 is 7.23. The number of fused-ring (bicyclic) bond motifs is 1. The van der Waals surface area contributed by atoms with Gasteiger partial charge in [-0.05, 0) is 71.3 Å². The zero-order valence-electron chi connectivity index (χ0n) is 20.2. The first-order valence-electron chi connectivity index (χ1n) is 11.6. The maximum Gasteiger partial charge on any atom is 0.252 e. The van der Waals surface area contributed by atoms with Gasteiger partial charge in [0.2, 0.25) is 0 Å². The molecule has 3 aromatic heterocycles. The van der Waals surface area contributed by atoms with Crippen LogP contribution in [0.5, 0.6) is 0 Å². The molecule has 0 aliphatic heterocycles. The lowest BCUT2D eigenvalue weighted by atomic mass is 9.99. The van der Waals surface area contributed by atoms with Crippen molar-refractivity contribution < 1.29 is 9.52 Å². The van der Waals surface area contributed by atoms with Crippen molar-refractivity contribution in [2.45, 2.75) is 53.2 Å². The Bertz CT molecular complexity index is 1290. The summed E-state index contributed by atoms with van der Waals surface area (Å²) in [6.45, 7) is 9.77. The third-order valence-electron chi connectivity index (χ3n) is 6.34. The molecule has 0 amide bonds. The summed E-state index contributed by atoms with van der Waals surface area (Å²) >= 11 is 0. The molecular formula is C25H32N6O3. The van der Waals surface area contributed by atoms with Crippen LogP contribution in [0.2, 0.25) is 0 Å². The highest BCUT2D eigenvalue weighted by Crippen LogP contribution is 2.29. The van der Waals surface area contributed by atoms with Crippen LogP contribution in [0.25, 0.3) is 10.9 Å². The first-order chi connectivity index (χ1) is 16.4. The number of hydrogen-bond donors (Lipinski definition) is 2. The minimum atomic E-state index is -0.161. The number of aromatic amines is 1. The topological polar surface area (TPSA) is 113 Å². The van der Waals surface area contributed by atoms with Crippen molar-refractivity contribution in [2.24, 2.45) is 5.92 Å². The maximum absolute atomic E-state index is 13.1. The van der Waals surface area contributed by atoms with Crippen molar-refractivity contribution in [3.8, 4) is 0 Å². The fraction of sp³-hybridized carbons (Fsp3) is 0.440. The van der Waals surface area contributed by atoms with Gasteiger partial charge in [0.15, 0.2) is 5.82 Å². The second-order valence-corrected chi connectivity index (χ2v) is 9.11. The van der Waals surface area contributed by atoms with Gasteiger partial charge in [-0.15, -0.1) is 5.10 Å². The Balaban J connectivity index is 1.71. The molecule has 1 aromatic carbocycles. The lowest BCUT2D eigenvalue weighted by molar-refractivity contribution is 0.122. The van der Waals surface area contributed by atoms with E-state index >= 15 is 0 Å². The summed E-state index contributed by atoms with van der Waals surface area (Å²) in [6.07, 6.45) is 2.20. The van der Waals surface area contributed by atoms with E-state index in [1.54, 1.807) is 10.9 Å². The molecule has 0 saturated carbocycles. The highest BCUT2D eigenvalue weighted by molar-refractivity contribution is 5.83. The summed E-state index contributed by atoms with van der Waals surface area (Å²) in [4.78, 5) is 18.3. The number of aliphatic hydroxyl groups is 1. The predicted octanol–water partition coefficient (Wildman–Crippen LogP) is 3.35. The number of nitrogens with one attached hydrogen (secondary N) is 1. The summed E-state index contributed by atoms with van der Waals surface area (Å²) in [5.41, 5.74) is 3.66. The molecule has 9 nitrogen and oxygen atoms in total. The van der Waals surface area contributed by atoms with E-state index in [1.165, 1.54) is 0 Å². The molecule has 0 fully saturated rings. The summed E-state index contributed by atoms with van der Waals surface area (Å²) in [5.74, 6) is 1.62. The molecule has 4 aromatic rings. The van der Waals surface area contributed by atoms with Crippen molar-refractivity contribution in [3.05, 3.63) is 75.2 Å². The van der Waals surface area contributed by atoms with E-state index in [0.29, 0.717) is 37.4 Å².